The molecule has 0 fully saturated rings. The van der Waals surface area contributed by atoms with E-state index in [1.807, 2.05) is 36.4 Å². The van der Waals surface area contributed by atoms with Gasteiger partial charge >= 0.3 is 0 Å². The number of benzene rings is 2. The summed E-state index contributed by atoms with van der Waals surface area (Å²) in [5.41, 5.74) is 3.17. The number of aromatic nitrogens is 2. The molecule has 1 atom stereocenters. The monoisotopic (exact) mass is 300 g/mol. The largest absolute Gasteiger partial charge is 0.388 e. The average Bonchev–Trinajstić information content (AvgIpc) is 3.01. The van der Waals surface area contributed by atoms with E-state index in [0.717, 1.165) is 22.5 Å². The summed E-state index contributed by atoms with van der Waals surface area (Å²) in [6.07, 6.45) is 3.40. The van der Waals surface area contributed by atoms with E-state index in [2.05, 4.69) is 28.2 Å². The van der Waals surface area contributed by atoms with Crippen LogP contribution in [0.1, 0.15) is 17.5 Å². The van der Waals surface area contributed by atoms with Crippen molar-refractivity contribution in [3.63, 3.8) is 0 Å². The Morgan fingerprint density at radius 2 is 1.76 bits per heavy atom. The van der Waals surface area contributed by atoms with Crippen molar-refractivity contribution < 1.29 is 5.11 Å². The second-order valence-corrected chi connectivity index (χ2v) is 4.75. The Balaban J connectivity index is 0.00000161. The summed E-state index contributed by atoms with van der Waals surface area (Å²) in [6.45, 7) is 0. The van der Waals surface area contributed by atoms with E-state index < -0.39 is 6.10 Å². The van der Waals surface area contributed by atoms with Crippen LogP contribution in [0.25, 0.3) is 11.1 Å². The molecule has 0 aliphatic heterocycles. The molecule has 0 radical (unpaired) electrons. The van der Waals surface area contributed by atoms with E-state index in [0.29, 0.717) is 6.42 Å². The summed E-state index contributed by atoms with van der Waals surface area (Å²) in [7, 11) is 0. The fourth-order valence-corrected chi connectivity index (χ4v) is 2.27. The molecular formula is C17H17ClN2O. The van der Waals surface area contributed by atoms with Gasteiger partial charge in [0.05, 0.1) is 6.10 Å². The quantitative estimate of drug-likeness (QED) is 0.770. The molecule has 3 nitrogen and oxygen atoms in total. The van der Waals surface area contributed by atoms with Gasteiger partial charge in [0.25, 0.3) is 0 Å². The number of aromatic amines is 1. The second kappa shape index (κ2) is 7.07. The molecule has 21 heavy (non-hydrogen) atoms. The van der Waals surface area contributed by atoms with E-state index in [1.165, 1.54) is 0 Å². The van der Waals surface area contributed by atoms with E-state index in [9.17, 15) is 5.11 Å². The first-order chi connectivity index (χ1) is 9.83. The average molecular weight is 301 g/mol. The molecule has 0 saturated heterocycles. The lowest BCUT2D eigenvalue weighted by Gasteiger charge is -2.11. The molecule has 0 spiro atoms. The predicted molar refractivity (Wildman–Crippen MR) is 86.4 cm³/mol. The maximum Gasteiger partial charge on any atom is 0.108 e. The highest BCUT2D eigenvalue weighted by Gasteiger charge is 2.10. The summed E-state index contributed by atoms with van der Waals surface area (Å²) < 4.78 is 0. The number of H-pyrrole nitrogens is 1. The lowest BCUT2D eigenvalue weighted by molar-refractivity contribution is 0.176. The summed E-state index contributed by atoms with van der Waals surface area (Å²) in [5.74, 6) is 0.794. The van der Waals surface area contributed by atoms with Gasteiger partial charge in [0.15, 0.2) is 0 Å². The number of imidazole rings is 1. The van der Waals surface area contributed by atoms with Gasteiger partial charge in [-0.15, -0.1) is 12.4 Å². The molecule has 0 aliphatic carbocycles. The van der Waals surface area contributed by atoms with Gasteiger partial charge in [0.2, 0.25) is 0 Å². The van der Waals surface area contributed by atoms with Gasteiger partial charge in [0.1, 0.15) is 5.82 Å². The van der Waals surface area contributed by atoms with Crippen LogP contribution in [-0.2, 0) is 6.42 Å². The minimum Gasteiger partial charge on any atom is -0.388 e. The summed E-state index contributed by atoms with van der Waals surface area (Å²) in [5, 5.41) is 10.3. The fourth-order valence-electron chi connectivity index (χ4n) is 2.27. The van der Waals surface area contributed by atoms with Gasteiger partial charge in [-0.1, -0.05) is 48.5 Å². The first-order valence-corrected chi connectivity index (χ1v) is 6.64. The van der Waals surface area contributed by atoms with Crippen molar-refractivity contribution in [1.29, 1.82) is 0 Å². The van der Waals surface area contributed by atoms with Crippen LogP contribution in [0.3, 0.4) is 0 Å². The van der Waals surface area contributed by atoms with Gasteiger partial charge in [-0.25, -0.2) is 4.98 Å². The molecule has 3 aromatic rings. The number of aliphatic hydroxyl groups excluding tert-OH is 1. The third kappa shape index (κ3) is 3.72. The standard InChI is InChI=1S/C17H16N2O.ClH/c20-16(12-17-18-9-10-19-17)15-8-4-7-14(11-15)13-5-2-1-3-6-13;/h1-11,16,20H,12H2,(H,18,19);1H. The molecule has 1 unspecified atom stereocenters. The van der Waals surface area contributed by atoms with Crippen molar-refractivity contribution in [3.05, 3.63) is 78.4 Å². The number of hydrogen-bond acceptors (Lipinski definition) is 2. The number of halogens is 1. The minimum absolute atomic E-state index is 0. The molecule has 1 heterocycles. The molecule has 1 aromatic heterocycles. The SMILES string of the molecule is Cl.OC(Cc1ncc[nH]1)c1cccc(-c2ccccc2)c1. The van der Waals surface area contributed by atoms with Crippen molar-refractivity contribution in [2.75, 3.05) is 0 Å². The van der Waals surface area contributed by atoms with Crippen LogP contribution >= 0.6 is 12.4 Å². The van der Waals surface area contributed by atoms with Crippen LogP contribution in [-0.4, -0.2) is 15.1 Å². The summed E-state index contributed by atoms with van der Waals surface area (Å²) in [4.78, 5) is 7.16. The third-order valence-corrected chi connectivity index (χ3v) is 3.32. The van der Waals surface area contributed by atoms with Crippen molar-refractivity contribution in [1.82, 2.24) is 9.97 Å². The first kappa shape index (κ1) is 15.3. The van der Waals surface area contributed by atoms with Crippen molar-refractivity contribution in [2.45, 2.75) is 12.5 Å². The smallest absolute Gasteiger partial charge is 0.108 e. The Kier molecular flexibility index (Phi) is 5.14. The second-order valence-electron chi connectivity index (χ2n) is 4.75. The molecule has 2 aromatic carbocycles. The van der Waals surface area contributed by atoms with E-state index in [4.69, 9.17) is 0 Å². The molecule has 0 amide bonds. The van der Waals surface area contributed by atoms with Crippen molar-refractivity contribution >= 4 is 12.4 Å². The lowest BCUT2D eigenvalue weighted by atomic mass is 9.99. The van der Waals surface area contributed by atoms with Crippen LogP contribution in [0.15, 0.2) is 67.0 Å². The maximum atomic E-state index is 10.3. The molecule has 4 heteroatoms. The van der Waals surface area contributed by atoms with Crippen LogP contribution in [0.5, 0.6) is 0 Å². The van der Waals surface area contributed by atoms with E-state index in [1.54, 1.807) is 12.4 Å². The van der Waals surface area contributed by atoms with Crippen LogP contribution < -0.4 is 0 Å². The topological polar surface area (TPSA) is 48.9 Å². The van der Waals surface area contributed by atoms with Gasteiger partial charge in [-0.3, -0.25) is 0 Å². The van der Waals surface area contributed by atoms with E-state index in [-0.39, 0.29) is 12.4 Å². The maximum absolute atomic E-state index is 10.3. The highest BCUT2D eigenvalue weighted by Crippen LogP contribution is 2.24. The fraction of sp³-hybridized carbons (Fsp3) is 0.118. The van der Waals surface area contributed by atoms with Crippen molar-refractivity contribution in [3.8, 4) is 11.1 Å². The molecule has 2 N–H and O–H groups in total. The number of hydrogen-bond donors (Lipinski definition) is 2. The van der Waals surface area contributed by atoms with Gasteiger partial charge in [-0.05, 0) is 22.8 Å². The Labute approximate surface area is 130 Å². The lowest BCUT2D eigenvalue weighted by Crippen LogP contribution is -2.03. The molecule has 0 aliphatic rings. The Bertz CT molecular complexity index is 668. The highest BCUT2D eigenvalue weighted by molar-refractivity contribution is 5.85. The predicted octanol–water partition coefficient (Wildman–Crippen LogP) is 3.77. The van der Waals surface area contributed by atoms with Gasteiger partial charge in [-0.2, -0.15) is 0 Å². The minimum atomic E-state index is -0.551. The van der Waals surface area contributed by atoms with Crippen LogP contribution in [0, 0.1) is 0 Å². The van der Waals surface area contributed by atoms with Crippen LogP contribution in [0.2, 0.25) is 0 Å². The molecule has 0 saturated carbocycles. The zero-order valence-corrected chi connectivity index (χ0v) is 12.3. The molecular weight excluding hydrogens is 284 g/mol. The molecule has 108 valence electrons. The summed E-state index contributed by atoms with van der Waals surface area (Å²) >= 11 is 0. The number of nitrogens with zero attached hydrogens (tertiary/aromatic N) is 1. The zero-order chi connectivity index (χ0) is 13.8. The zero-order valence-electron chi connectivity index (χ0n) is 11.4. The summed E-state index contributed by atoms with van der Waals surface area (Å²) in [6, 6.07) is 18.2. The first-order valence-electron chi connectivity index (χ1n) is 6.64. The van der Waals surface area contributed by atoms with E-state index >= 15 is 0 Å². The van der Waals surface area contributed by atoms with Gasteiger partial charge < -0.3 is 10.1 Å². The van der Waals surface area contributed by atoms with Gasteiger partial charge in [0, 0.05) is 18.8 Å². The van der Waals surface area contributed by atoms with Crippen LogP contribution in [0.4, 0.5) is 0 Å². The molecule has 0 bridgehead atoms. The van der Waals surface area contributed by atoms with Crippen molar-refractivity contribution in [2.24, 2.45) is 0 Å². The normalized spacial score (nSPS) is 11.7. The molecule has 3 rings (SSSR count). The number of aliphatic hydroxyl groups is 1. The number of nitrogens with one attached hydrogen (secondary N) is 1. The Hall–Kier alpha value is -2.10. The highest BCUT2D eigenvalue weighted by atomic mass is 35.5. The number of rotatable bonds is 4. The Morgan fingerprint density at radius 3 is 2.48 bits per heavy atom. The third-order valence-electron chi connectivity index (χ3n) is 3.32. The Morgan fingerprint density at radius 1 is 1.00 bits per heavy atom.